The van der Waals surface area contributed by atoms with Gasteiger partial charge in [-0.2, -0.15) is 0 Å². The number of benzene rings is 2. The van der Waals surface area contributed by atoms with Crippen molar-refractivity contribution in [2.75, 3.05) is 24.7 Å². The number of esters is 1. The first-order valence-corrected chi connectivity index (χ1v) is 14.3. The molecule has 1 aliphatic heterocycles. The van der Waals surface area contributed by atoms with Gasteiger partial charge in [0.25, 0.3) is 5.78 Å². The van der Waals surface area contributed by atoms with Crippen molar-refractivity contribution < 1.29 is 33.7 Å². The SMILES string of the molecule is C=CCOC(=O)c1sc(N2C(=O)C(=O)C(=C(O)c3ccc(OCCCC)cc3)[C@@H]2c2ccc(OCC=C)cc2)nc1C. The second-order valence-electron chi connectivity index (χ2n) is 9.36. The van der Waals surface area contributed by atoms with E-state index in [1.807, 2.05) is 0 Å². The van der Waals surface area contributed by atoms with E-state index < -0.39 is 23.7 Å². The lowest BCUT2D eigenvalue weighted by molar-refractivity contribution is -0.132. The van der Waals surface area contributed by atoms with Gasteiger partial charge in [-0.05, 0) is 55.3 Å². The number of Topliss-reactive ketones (excluding diaryl/α,β-unsaturated/α-hetero) is 1. The highest BCUT2D eigenvalue weighted by atomic mass is 32.1. The number of anilines is 1. The first kappa shape index (κ1) is 30.3. The Balaban J connectivity index is 1.79. The lowest BCUT2D eigenvalue weighted by atomic mass is 9.95. The van der Waals surface area contributed by atoms with E-state index in [0.717, 1.165) is 24.2 Å². The molecule has 1 aromatic heterocycles. The lowest BCUT2D eigenvalue weighted by Crippen LogP contribution is -2.29. The fourth-order valence-electron chi connectivity index (χ4n) is 4.32. The van der Waals surface area contributed by atoms with Crippen molar-refractivity contribution >= 4 is 39.9 Å². The Morgan fingerprint density at radius 3 is 2.31 bits per heavy atom. The summed E-state index contributed by atoms with van der Waals surface area (Å²) < 4.78 is 16.5. The number of thiazole rings is 1. The minimum absolute atomic E-state index is 0.0126. The molecule has 0 bridgehead atoms. The monoisotopic (exact) mass is 588 g/mol. The van der Waals surface area contributed by atoms with E-state index in [9.17, 15) is 19.5 Å². The number of carbonyl (C=O) groups is 3. The summed E-state index contributed by atoms with van der Waals surface area (Å²) in [5.41, 5.74) is 1.11. The molecule has 1 aliphatic rings. The van der Waals surface area contributed by atoms with Crippen LogP contribution in [-0.4, -0.2) is 47.6 Å². The number of ketones is 1. The Morgan fingerprint density at radius 1 is 1.02 bits per heavy atom. The Bertz CT molecular complexity index is 1510. The van der Waals surface area contributed by atoms with Gasteiger partial charge in [0.05, 0.1) is 23.9 Å². The van der Waals surface area contributed by atoms with E-state index in [1.54, 1.807) is 61.5 Å². The number of aromatic nitrogens is 1. The molecule has 1 amide bonds. The standard InChI is InChI=1S/C32H32N2O7S/c1-5-8-19-40-24-15-11-22(12-16-24)27(35)25-26(21-9-13-23(14-10-21)39-17-6-2)34(30(37)28(25)36)32-33-20(4)29(42-32)31(38)41-18-7-3/h6-7,9-16,26,35H,2-3,5,8,17-19H2,1,4H3/t26-/m0/s1. The predicted molar refractivity (Wildman–Crippen MR) is 161 cm³/mol. The molecule has 42 heavy (non-hydrogen) atoms. The number of aliphatic hydroxyl groups excluding tert-OH is 1. The highest BCUT2D eigenvalue weighted by Crippen LogP contribution is 2.44. The summed E-state index contributed by atoms with van der Waals surface area (Å²) in [5.74, 6) is -1.53. The number of hydrogen-bond acceptors (Lipinski definition) is 9. The molecule has 0 radical (unpaired) electrons. The Labute approximate surface area is 248 Å². The van der Waals surface area contributed by atoms with E-state index in [2.05, 4.69) is 25.1 Å². The van der Waals surface area contributed by atoms with Crippen molar-refractivity contribution in [1.29, 1.82) is 0 Å². The van der Waals surface area contributed by atoms with E-state index in [4.69, 9.17) is 14.2 Å². The van der Waals surface area contributed by atoms with Gasteiger partial charge in [0.1, 0.15) is 35.3 Å². The van der Waals surface area contributed by atoms with Crippen molar-refractivity contribution in [1.82, 2.24) is 4.98 Å². The molecule has 3 aromatic rings. The van der Waals surface area contributed by atoms with Crippen molar-refractivity contribution in [3.8, 4) is 11.5 Å². The molecule has 2 heterocycles. The third-order valence-electron chi connectivity index (χ3n) is 6.41. The molecule has 1 fully saturated rings. The Morgan fingerprint density at radius 2 is 1.67 bits per heavy atom. The maximum atomic E-state index is 13.5. The topological polar surface area (TPSA) is 115 Å². The van der Waals surface area contributed by atoms with Crippen LogP contribution in [0.25, 0.3) is 5.76 Å². The molecule has 9 nitrogen and oxygen atoms in total. The normalized spacial score (nSPS) is 15.9. The number of carbonyl (C=O) groups excluding carboxylic acids is 3. The van der Waals surface area contributed by atoms with Crippen LogP contribution in [0.15, 0.2) is 79.4 Å². The van der Waals surface area contributed by atoms with Crippen LogP contribution < -0.4 is 14.4 Å². The third kappa shape index (κ3) is 6.44. The summed E-state index contributed by atoms with van der Waals surface area (Å²) >= 11 is 0.931. The van der Waals surface area contributed by atoms with Crippen molar-refractivity contribution in [2.45, 2.75) is 32.7 Å². The second kappa shape index (κ2) is 13.8. The van der Waals surface area contributed by atoms with Crippen LogP contribution in [0.5, 0.6) is 11.5 Å². The first-order chi connectivity index (χ1) is 20.3. The maximum Gasteiger partial charge on any atom is 0.350 e. The third-order valence-corrected chi connectivity index (χ3v) is 7.55. The molecular formula is C32H32N2O7S. The number of aliphatic hydroxyl groups is 1. The number of nitrogens with zero attached hydrogens (tertiary/aromatic N) is 2. The van der Waals surface area contributed by atoms with Gasteiger partial charge in [-0.25, -0.2) is 9.78 Å². The van der Waals surface area contributed by atoms with E-state index in [1.165, 1.54) is 11.0 Å². The number of aryl methyl sites for hydroxylation is 1. The van der Waals surface area contributed by atoms with Crippen LogP contribution in [0, 0.1) is 6.92 Å². The van der Waals surface area contributed by atoms with Crippen molar-refractivity contribution in [3.05, 3.63) is 101 Å². The van der Waals surface area contributed by atoms with E-state index in [-0.39, 0.29) is 27.9 Å². The average Bonchev–Trinajstić information content (AvgIpc) is 3.51. The molecule has 218 valence electrons. The van der Waals surface area contributed by atoms with Crippen molar-refractivity contribution in [3.63, 3.8) is 0 Å². The highest BCUT2D eigenvalue weighted by molar-refractivity contribution is 7.17. The van der Waals surface area contributed by atoms with Crippen LogP contribution in [0.1, 0.15) is 52.3 Å². The van der Waals surface area contributed by atoms with Gasteiger partial charge in [0, 0.05) is 5.56 Å². The van der Waals surface area contributed by atoms with Gasteiger partial charge in [0.15, 0.2) is 5.13 Å². The molecule has 1 saturated heterocycles. The molecule has 1 N–H and O–H groups in total. The average molecular weight is 589 g/mol. The molecule has 0 saturated carbocycles. The summed E-state index contributed by atoms with van der Waals surface area (Å²) in [6, 6.07) is 12.5. The zero-order valence-electron chi connectivity index (χ0n) is 23.5. The molecule has 0 aliphatic carbocycles. The van der Waals surface area contributed by atoms with E-state index >= 15 is 0 Å². The fraction of sp³-hybridized carbons (Fsp3) is 0.250. The summed E-state index contributed by atoms with van der Waals surface area (Å²) in [7, 11) is 0. The van der Waals surface area contributed by atoms with Crippen LogP contribution in [0.3, 0.4) is 0 Å². The molecular weight excluding hydrogens is 556 g/mol. The number of hydrogen-bond donors (Lipinski definition) is 1. The summed E-state index contributed by atoms with van der Waals surface area (Å²) in [4.78, 5) is 45.5. The number of rotatable bonds is 13. The second-order valence-corrected chi connectivity index (χ2v) is 10.3. The van der Waals surface area contributed by atoms with Crippen LogP contribution in [0.4, 0.5) is 5.13 Å². The van der Waals surface area contributed by atoms with Gasteiger partial charge in [-0.15, -0.1) is 0 Å². The zero-order chi connectivity index (χ0) is 30.2. The molecule has 1 atom stereocenters. The predicted octanol–water partition coefficient (Wildman–Crippen LogP) is 6.16. The summed E-state index contributed by atoms with van der Waals surface area (Å²) in [5, 5.41) is 11.5. The van der Waals surface area contributed by atoms with Gasteiger partial charge in [0.2, 0.25) is 0 Å². The lowest BCUT2D eigenvalue weighted by Gasteiger charge is -2.23. The quantitative estimate of drug-likeness (QED) is 0.0630. The minimum atomic E-state index is -1.03. The number of unbranched alkanes of at least 4 members (excludes halogenated alkanes) is 1. The van der Waals surface area contributed by atoms with E-state index in [0.29, 0.717) is 41.5 Å². The first-order valence-electron chi connectivity index (χ1n) is 13.4. The Hall–Kier alpha value is -4.70. The van der Waals surface area contributed by atoms with Gasteiger partial charge < -0.3 is 19.3 Å². The molecule has 4 rings (SSSR count). The molecule has 0 unspecified atom stereocenters. The van der Waals surface area contributed by atoms with Crippen molar-refractivity contribution in [2.24, 2.45) is 0 Å². The minimum Gasteiger partial charge on any atom is -0.507 e. The largest absolute Gasteiger partial charge is 0.507 e. The Kier molecular flexibility index (Phi) is 9.93. The van der Waals surface area contributed by atoms with Crippen LogP contribution in [-0.2, 0) is 14.3 Å². The van der Waals surface area contributed by atoms with Gasteiger partial charge in [-0.3, -0.25) is 14.5 Å². The van der Waals surface area contributed by atoms with Crippen LogP contribution >= 0.6 is 11.3 Å². The number of amides is 1. The number of ether oxygens (including phenoxy) is 3. The summed E-state index contributed by atoms with van der Waals surface area (Å²) in [6.45, 7) is 11.8. The van der Waals surface area contributed by atoms with Crippen LogP contribution in [0.2, 0.25) is 0 Å². The molecule has 10 heteroatoms. The van der Waals surface area contributed by atoms with Gasteiger partial charge in [-0.1, -0.05) is 62.1 Å². The molecule has 0 spiro atoms. The molecule has 2 aromatic carbocycles. The highest BCUT2D eigenvalue weighted by Gasteiger charge is 2.48. The zero-order valence-corrected chi connectivity index (χ0v) is 24.3. The summed E-state index contributed by atoms with van der Waals surface area (Å²) in [6.07, 6.45) is 4.97. The maximum absolute atomic E-state index is 13.5. The fourth-order valence-corrected chi connectivity index (χ4v) is 5.31. The smallest absolute Gasteiger partial charge is 0.350 e. The van der Waals surface area contributed by atoms with Gasteiger partial charge >= 0.3 is 11.9 Å².